The third-order valence-electron chi connectivity index (χ3n) is 4.70. The molecule has 8 heteroatoms. The van der Waals surface area contributed by atoms with E-state index in [2.05, 4.69) is 17.1 Å². The maximum atomic E-state index is 12.7. The number of nitrogens with two attached hydrogens (primary N) is 1. The van der Waals surface area contributed by atoms with Crippen LogP contribution in [0.3, 0.4) is 0 Å². The molecule has 2 heterocycles. The first kappa shape index (κ1) is 19.2. The second-order valence-electron chi connectivity index (χ2n) is 6.21. The SMILES string of the molecule is CCN1CCc2c(sc(NC(=O)c3ccc(OC)c(OC)c3)c2C(N)=O)C1. The number of rotatable bonds is 6. The molecule has 1 aromatic heterocycles. The second kappa shape index (κ2) is 7.98. The van der Waals surface area contributed by atoms with E-state index in [1.807, 2.05) is 0 Å². The van der Waals surface area contributed by atoms with Crippen LogP contribution in [0, 0.1) is 0 Å². The van der Waals surface area contributed by atoms with E-state index in [4.69, 9.17) is 15.2 Å². The molecule has 2 amide bonds. The summed E-state index contributed by atoms with van der Waals surface area (Å²) in [5, 5.41) is 3.36. The Morgan fingerprint density at radius 2 is 2.00 bits per heavy atom. The quantitative estimate of drug-likeness (QED) is 0.792. The van der Waals surface area contributed by atoms with Crippen molar-refractivity contribution in [1.29, 1.82) is 0 Å². The van der Waals surface area contributed by atoms with E-state index in [0.29, 0.717) is 27.6 Å². The number of hydrogen-bond acceptors (Lipinski definition) is 6. The molecule has 27 heavy (non-hydrogen) atoms. The lowest BCUT2D eigenvalue weighted by molar-refractivity contribution is 0.1000. The van der Waals surface area contributed by atoms with Crippen LogP contribution in [0.25, 0.3) is 0 Å². The monoisotopic (exact) mass is 389 g/mol. The van der Waals surface area contributed by atoms with Crippen molar-refractivity contribution < 1.29 is 19.1 Å². The van der Waals surface area contributed by atoms with Crippen molar-refractivity contribution in [2.45, 2.75) is 19.9 Å². The Bertz CT molecular complexity index is 878. The van der Waals surface area contributed by atoms with E-state index in [1.165, 1.54) is 25.6 Å². The number of nitrogens with one attached hydrogen (secondary N) is 1. The molecule has 0 fully saturated rings. The van der Waals surface area contributed by atoms with Gasteiger partial charge in [0.25, 0.3) is 11.8 Å². The standard InChI is InChI=1S/C19H23N3O4S/c1-4-22-8-7-12-15(10-22)27-19(16(12)17(20)23)21-18(24)11-5-6-13(25-2)14(9-11)26-3/h5-6,9H,4,7-8,10H2,1-3H3,(H2,20,23)(H,21,24). The van der Waals surface area contributed by atoms with Gasteiger partial charge in [0.1, 0.15) is 5.00 Å². The molecular formula is C19H23N3O4S. The Balaban J connectivity index is 1.90. The Hall–Kier alpha value is -2.58. The highest BCUT2D eigenvalue weighted by atomic mass is 32.1. The van der Waals surface area contributed by atoms with Crippen LogP contribution >= 0.6 is 11.3 Å². The number of amides is 2. The Kier molecular flexibility index (Phi) is 5.67. The third-order valence-corrected chi connectivity index (χ3v) is 5.83. The topological polar surface area (TPSA) is 93.9 Å². The van der Waals surface area contributed by atoms with E-state index in [-0.39, 0.29) is 5.91 Å². The molecular weight excluding hydrogens is 366 g/mol. The molecule has 3 N–H and O–H groups in total. The molecule has 0 spiro atoms. The summed E-state index contributed by atoms with van der Waals surface area (Å²) in [6.07, 6.45) is 0.754. The van der Waals surface area contributed by atoms with Gasteiger partial charge in [-0.2, -0.15) is 0 Å². The third kappa shape index (κ3) is 3.77. The summed E-state index contributed by atoms with van der Waals surface area (Å²) in [5.41, 5.74) is 7.41. The zero-order valence-electron chi connectivity index (χ0n) is 15.6. The first-order valence-corrected chi connectivity index (χ1v) is 9.50. The van der Waals surface area contributed by atoms with Crippen LogP contribution in [-0.2, 0) is 13.0 Å². The smallest absolute Gasteiger partial charge is 0.256 e. The van der Waals surface area contributed by atoms with Crippen LogP contribution in [0.5, 0.6) is 11.5 Å². The number of carbonyl (C=O) groups is 2. The summed E-state index contributed by atoms with van der Waals surface area (Å²) in [5.74, 6) is 0.159. The van der Waals surface area contributed by atoms with Gasteiger partial charge in [0.2, 0.25) is 0 Å². The van der Waals surface area contributed by atoms with Crippen LogP contribution in [0.2, 0.25) is 0 Å². The minimum atomic E-state index is -0.514. The highest BCUT2D eigenvalue weighted by Gasteiger charge is 2.27. The molecule has 0 unspecified atom stereocenters. The van der Waals surface area contributed by atoms with E-state index < -0.39 is 5.91 Å². The van der Waals surface area contributed by atoms with Gasteiger partial charge in [0.15, 0.2) is 11.5 Å². The van der Waals surface area contributed by atoms with Crippen molar-refractivity contribution in [2.75, 3.05) is 32.6 Å². The van der Waals surface area contributed by atoms with Gasteiger partial charge >= 0.3 is 0 Å². The van der Waals surface area contributed by atoms with Crippen molar-refractivity contribution in [1.82, 2.24) is 4.90 Å². The van der Waals surface area contributed by atoms with Crippen LogP contribution in [0.4, 0.5) is 5.00 Å². The van der Waals surface area contributed by atoms with Crippen molar-refractivity contribution in [3.63, 3.8) is 0 Å². The first-order chi connectivity index (χ1) is 13.0. The molecule has 0 saturated carbocycles. The van der Waals surface area contributed by atoms with Gasteiger partial charge in [0, 0.05) is 23.5 Å². The Labute approximate surface area is 162 Å². The summed E-state index contributed by atoms with van der Waals surface area (Å²) in [6, 6.07) is 4.92. The molecule has 3 rings (SSSR count). The fourth-order valence-corrected chi connectivity index (χ4v) is 4.52. The molecule has 144 valence electrons. The molecule has 1 aliphatic heterocycles. The maximum Gasteiger partial charge on any atom is 0.256 e. The van der Waals surface area contributed by atoms with E-state index in [0.717, 1.165) is 36.5 Å². The van der Waals surface area contributed by atoms with Crippen molar-refractivity contribution in [2.24, 2.45) is 5.73 Å². The van der Waals surface area contributed by atoms with Gasteiger partial charge in [-0.25, -0.2) is 0 Å². The number of benzene rings is 1. The van der Waals surface area contributed by atoms with Gasteiger partial charge < -0.3 is 20.5 Å². The number of hydrogen-bond donors (Lipinski definition) is 2. The molecule has 0 radical (unpaired) electrons. The van der Waals surface area contributed by atoms with E-state index in [1.54, 1.807) is 18.2 Å². The summed E-state index contributed by atoms with van der Waals surface area (Å²) in [7, 11) is 3.05. The average Bonchev–Trinajstić information content (AvgIpc) is 3.04. The van der Waals surface area contributed by atoms with Crippen molar-refractivity contribution in [3.05, 3.63) is 39.8 Å². The maximum absolute atomic E-state index is 12.7. The van der Waals surface area contributed by atoms with Gasteiger partial charge in [-0.3, -0.25) is 14.5 Å². The lowest BCUT2D eigenvalue weighted by Crippen LogP contribution is -2.30. The number of primary amides is 1. The highest BCUT2D eigenvalue weighted by Crippen LogP contribution is 2.37. The van der Waals surface area contributed by atoms with Crippen molar-refractivity contribution in [3.8, 4) is 11.5 Å². The molecule has 2 aromatic rings. The minimum absolute atomic E-state index is 0.329. The zero-order valence-corrected chi connectivity index (χ0v) is 16.4. The van der Waals surface area contributed by atoms with Crippen LogP contribution in [0.1, 0.15) is 38.1 Å². The van der Waals surface area contributed by atoms with Gasteiger partial charge in [-0.15, -0.1) is 11.3 Å². The number of nitrogens with zero attached hydrogens (tertiary/aromatic N) is 1. The number of likely N-dealkylation sites (N-methyl/N-ethyl adjacent to an activating group) is 1. The second-order valence-corrected chi connectivity index (χ2v) is 7.32. The average molecular weight is 389 g/mol. The van der Waals surface area contributed by atoms with Crippen LogP contribution in [0.15, 0.2) is 18.2 Å². The highest BCUT2D eigenvalue weighted by molar-refractivity contribution is 7.17. The predicted molar refractivity (Wildman–Crippen MR) is 105 cm³/mol. The number of ether oxygens (including phenoxy) is 2. The lowest BCUT2D eigenvalue weighted by Gasteiger charge is -2.25. The zero-order chi connectivity index (χ0) is 19.6. The number of carbonyl (C=O) groups excluding carboxylic acids is 2. The lowest BCUT2D eigenvalue weighted by atomic mass is 10.0. The largest absolute Gasteiger partial charge is 0.493 e. The van der Waals surface area contributed by atoms with Crippen LogP contribution < -0.4 is 20.5 Å². The first-order valence-electron chi connectivity index (χ1n) is 8.68. The molecule has 0 saturated heterocycles. The van der Waals surface area contributed by atoms with Crippen LogP contribution in [-0.4, -0.2) is 44.0 Å². The van der Waals surface area contributed by atoms with Gasteiger partial charge in [-0.1, -0.05) is 6.92 Å². The fraction of sp³-hybridized carbons (Fsp3) is 0.368. The van der Waals surface area contributed by atoms with Gasteiger partial charge in [0.05, 0.1) is 19.8 Å². The number of thiophene rings is 1. The van der Waals surface area contributed by atoms with E-state index >= 15 is 0 Å². The normalized spacial score (nSPS) is 13.7. The predicted octanol–water partition coefficient (Wildman–Crippen LogP) is 2.49. The number of fused-ring (bicyclic) bond motifs is 1. The molecule has 7 nitrogen and oxygen atoms in total. The minimum Gasteiger partial charge on any atom is -0.493 e. The molecule has 0 aliphatic carbocycles. The molecule has 1 aromatic carbocycles. The summed E-state index contributed by atoms with van der Waals surface area (Å²) in [4.78, 5) is 28.1. The van der Waals surface area contributed by atoms with Gasteiger partial charge in [-0.05, 0) is 36.7 Å². The Morgan fingerprint density at radius 1 is 1.26 bits per heavy atom. The molecule has 0 atom stereocenters. The molecule has 1 aliphatic rings. The summed E-state index contributed by atoms with van der Waals surface area (Å²) in [6.45, 7) is 4.69. The number of methoxy groups -OCH3 is 2. The Morgan fingerprint density at radius 3 is 2.63 bits per heavy atom. The van der Waals surface area contributed by atoms with Crippen molar-refractivity contribution >= 4 is 28.2 Å². The van der Waals surface area contributed by atoms with E-state index in [9.17, 15) is 9.59 Å². The summed E-state index contributed by atoms with van der Waals surface area (Å²) < 4.78 is 10.4. The number of anilines is 1. The summed E-state index contributed by atoms with van der Waals surface area (Å²) >= 11 is 1.42. The molecule has 0 bridgehead atoms. The fourth-order valence-electron chi connectivity index (χ4n) is 3.23.